The number of aryl methyl sites for hydroxylation is 2. The van der Waals surface area contributed by atoms with E-state index in [1.165, 1.54) is 12.1 Å². The number of carbonyl (C=O) groups excluding carboxylic acids is 2. The number of rotatable bonds is 4. The van der Waals surface area contributed by atoms with Gasteiger partial charge in [-0.05, 0) is 66.4 Å². The molecule has 1 aliphatic carbocycles. The van der Waals surface area contributed by atoms with Gasteiger partial charge in [0, 0.05) is 11.1 Å². The minimum absolute atomic E-state index is 0.185. The van der Waals surface area contributed by atoms with E-state index in [4.69, 9.17) is 4.74 Å². The molecule has 0 amide bonds. The number of halogens is 1. The van der Waals surface area contributed by atoms with Crippen LogP contribution in [0.4, 0.5) is 4.39 Å². The minimum Gasteiger partial charge on any atom is -0.488 e. The Kier molecular flexibility index (Phi) is 4.85. The van der Waals surface area contributed by atoms with Gasteiger partial charge in [-0.15, -0.1) is 0 Å². The quantitative estimate of drug-likeness (QED) is 0.440. The molecule has 0 N–H and O–H groups in total. The van der Waals surface area contributed by atoms with Gasteiger partial charge in [0.2, 0.25) is 0 Å². The molecule has 3 nitrogen and oxygen atoms in total. The van der Waals surface area contributed by atoms with E-state index in [1.807, 2.05) is 26.0 Å². The molecule has 0 aromatic heterocycles. The number of hydrogen-bond acceptors (Lipinski definition) is 3. The van der Waals surface area contributed by atoms with Crippen LogP contribution in [0, 0.1) is 19.7 Å². The van der Waals surface area contributed by atoms with Gasteiger partial charge in [-0.3, -0.25) is 9.59 Å². The van der Waals surface area contributed by atoms with E-state index in [0.29, 0.717) is 17.7 Å². The first-order chi connectivity index (χ1) is 13.9. The van der Waals surface area contributed by atoms with Crippen LogP contribution < -0.4 is 4.74 Å². The number of ketones is 2. The van der Waals surface area contributed by atoms with Crippen molar-refractivity contribution >= 4 is 17.6 Å². The predicted molar refractivity (Wildman–Crippen MR) is 110 cm³/mol. The van der Waals surface area contributed by atoms with Crippen molar-refractivity contribution in [3.05, 3.63) is 105 Å². The summed E-state index contributed by atoms with van der Waals surface area (Å²) in [5.41, 5.74) is 4.54. The van der Waals surface area contributed by atoms with Gasteiger partial charge >= 0.3 is 0 Å². The van der Waals surface area contributed by atoms with Gasteiger partial charge in [0.25, 0.3) is 0 Å². The van der Waals surface area contributed by atoms with E-state index in [0.717, 1.165) is 28.0 Å². The molecule has 0 aliphatic heterocycles. The van der Waals surface area contributed by atoms with Crippen molar-refractivity contribution in [2.24, 2.45) is 0 Å². The van der Waals surface area contributed by atoms with Gasteiger partial charge in [0.1, 0.15) is 18.2 Å². The average Bonchev–Trinajstić information content (AvgIpc) is 2.94. The van der Waals surface area contributed by atoms with Crippen LogP contribution >= 0.6 is 0 Å². The average molecular weight is 386 g/mol. The van der Waals surface area contributed by atoms with Crippen LogP contribution in [0.25, 0.3) is 6.08 Å². The summed E-state index contributed by atoms with van der Waals surface area (Å²) in [5.74, 6) is -0.0180. The molecule has 3 aromatic rings. The Balaban J connectivity index is 1.59. The molecule has 29 heavy (non-hydrogen) atoms. The van der Waals surface area contributed by atoms with Crippen LogP contribution in [0.2, 0.25) is 0 Å². The maximum Gasteiger partial charge on any atom is 0.197 e. The van der Waals surface area contributed by atoms with Crippen LogP contribution in [0.1, 0.15) is 43.0 Å². The molecular weight excluding hydrogens is 367 g/mol. The third-order valence-corrected chi connectivity index (χ3v) is 5.00. The third kappa shape index (κ3) is 3.61. The number of benzene rings is 3. The first-order valence-corrected chi connectivity index (χ1v) is 9.32. The second kappa shape index (κ2) is 7.47. The van der Waals surface area contributed by atoms with E-state index < -0.39 is 0 Å². The highest BCUT2D eigenvalue weighted by Gasteiger charge is 2.32. The Morgan fingerprint density at radius 3 is 1.97 bits per heavy atom. The molecule has 0 fully saturated rings. The van der Waals surface area contributed by atoms with Crippen molar-refractivity contribution in [2.45, 2.75) is 20.5 Å². The summed E-state index contributed by atoms with van der Waals surface area (Å²) in [7, 11) is 0. The van der Waals surface area contributed by atoms with Crippen LogP contribution in [-0.4, -0.2) is 11.6 Å². The lowest BCUT2D eigenvalue weighted by Gasteiger charge is -2.13. The molecular formula is C25H19FO3. The lowest BCUT2D eigenvalue weighted by molar-refractivity contribution is 0.0990. The zero-order valence-electron chi connectivity index (χ0n) is 16.2. The first-order valence-electron chi connectivity index (χ1n) is 9.32. The van der Waals surface area contributed by atoms with Crippen molar-refractivity contribution in [1.29, 1.82) is 0 Å². The fourth-order valence-corrected chi connectivity index (χ4v) is 3.60. The maximum absolute atomic E-state index is 13.0. The van der Waals surface area contributed by atoms with Gasteiger partial charge in [-0.25, -0.2) is 4.39 Å². The summed E-state index contributed by atoms with van der Waals surface area (Å²) in [6.45, 7) is 4.17. The van der Waals surface area contributed by atoms with Crippen molar-refractivity contribution in [3.8, 4) is 5.75 Å². The molecule has 0 heterocycles. The topological polar surface area (TPSA) is 43.4 Å². The zero-order chi connectivity index (χ0) is 20.5. The van der Waals surface area contributed by atoms with Gasteiger partial charge in [-0.1, -0.05) is 36.4 Å². The first kappa shape index (κ1) is 18.8. The second-order valence-corrected chi connectivity index (χ2v) is 7.16. The molecule has 0 spiro atoms. The zero-order valence-corrected chi connectivity index (χ0v) is 16.2. The molecule has 0 radical (unpaired) electrons. The highest BCUT2D eigenvalue weighted by Crippen LogP contribution is 2.30. The number of ether oxygens (including phenoxy) is 1. The fourth-order valence-electron chi connectivity index (χ4n) is 3.60. The molecule has 4 rings (SSSR count). The number of fused-ring (bicyclic) bond motifs is 1. The highest BCUT2D eigenvalue weighted by molar-refractivity contribution is 6.41. The molecule has 0 saturated heterocycles. The van der Waals surface area contributed by atoms with Gasteiger partial charge in [-0.2, -0.15) is 0 Å². The van der Waals surface area contributed by atoms with Gasteiger partial charge in [0.15, 0.2) is 11.6 Å². The summed E-state index contributed by atoms with van der Waals surface area (Å²) < 4.78 is 19.0. The number of hydrogen-bond donors (Lipinski definition) is 0. The third-order valence-electron chi connectivity index (χ3n) is 5.00. The smallest absolute Gasteiger partial charge is 0.197 e. The van der Waals surface area contributed by atoms with Crippen molar-refractivity contribution < 1.29 is 18.7 Å². The van der Waals surface area contributed by atoms with Crippen molar-refractivity contribution in [3.63, 3.8) is 0 Å². The standard InChI is InChI=1S/C25H19FO3/c1-15-11-18(13-22-23(27)20-5-3-4-6-21(20)24(22)28)12-16(2)25(15)29-14-17-7-9-19(26)10-8-17/h3-13H,14H2,1-2H3. The maximum atomic E-state index is 13.0. The Bertz CT molecular complexity index is 1100. The largest absolute Gasteiger partial charge is 0.488 e. The van der Waals surface area contributed by atoms with E-state index in [9.17, 15) is 14.0 Å². The SMILES string of the molecule is Cc1cc(C=C2C(=O)c3ccccc3C2=O)cc(C)c1OCc1ccc(F)cc1. The number of allylic oxidation sites excluding steroid dienone is 1. The second-order valence-electron chi connectivity index (χ2n) is 7.16. The normalized spacial score (nSPS) is 12.9. The van der Waals surface area contributed by atoms with E-state index >= 15 is 0 Å². The van der Waals surface area contributed by atoms with Crippen LogP contribution in [0.3, 0.4) is 0 Å². The van der Waals surface area contributed by atoms with Gasteiger partial charge < -0.3 is 4.74 Å². The van der Waals surface area contributed by atoms with Crippen molar-refractivity contribution in [1.82, 2.24) is 0 Å². The van der Waals surface area contributed by atoms with E-state index in [-0.39, 0.29) is 23.0 Å². The Morgan fingerprint density at radius 2 is 1.41 bits per heavy atom. The van der Waals surface area contributed by atoms with Crippen LogP contribution in [0.15, 0.2) is 66.2 Å². The molecule has 0 atom stereocenters. The lowest BCUT2D eigenvalue weighted by atomic mass is 10.0. The summed E-state index contributed by atoms with van der Waals surface area (Å²) in [4.78, 5) is 25.2. The Hall–Kier alpha value is -3.53. The molecule has 144 valence electrons. The molecule has 0 bridgehead atoms. The molecule has 1 aliphatic rings. The number of Topliss-reactive ketones (excluding diaryl/α,β-unsaturated/α-hetero) is 2. The predicted octanol–water partition coefficient (Wildman–Crippen LogP) is 5.48. The fraction of sp³-hybridized carbons (Fsp3) is 0.120. The Morgan fingerprint density at radius 1 is 0.862 bits per heavy atom. The van der Waals surface area contributed by atoms with Crippen LogP contribution in [0.5, 0.6) is 5.75 Å². The molecule has 0 saturated carbocycles. The Labute approximate surface area is 168 Å². The minimum atomic E-state index is -0.281. The summed E-state index contributed by atoms with van der Waals surface area (Å²) in [6, 6.07) is 16.8. The van der Waals surface area contributed by atoms with Gasteiger partial charge in [0.05, 0.1) is 5.57 Å². The summed E-state index contributed by atoms with van der Waals surface area (Å²) >= 11 is 0. The monoisotopic (exact) mass is 386 g/mol. The summed E-state index contributed by atoms with van der Waals surface area (Å²) in [5, 5.41) is 0. The lowest BCUT2D eigenvalue weighted by Crippen LogP contribution is -2.02. The van der Waals surface area contributed by atoms with Crippen LogP contribution in [-0.2, 0) is 6.61 Å². The van der Waals surface area contributed by atoms with E-state index in [1.54, 1.807) is 42.5 Å². The molecule has 4 heteroatoms. The number of carbonyl (C=O) groups is 2. The van der Waals surface area contributed by atoms with Crippen molar-refractivity contribution in [2.75, 3.05) is 0 Å². The summed E-state index contributed by atoms with van der Waals surface area (Å²) in [6.07, 6.45) is 1.65. The van der Waals surface area contributed by atoms with E-state index in [2.05, 4.69) is 0 Å². The molecule has 0 unspecified atom stereocenters. The highest BCUT2D eigenvalue weighted by atomic mass is 19.1. The molecule has 3 aromatic carbocycles.